The molecular formula is C32H42N4O3. The van der Waals surface area contributed by atoms with E-state index >= 15 is 0 Å². The molecule has 3 aromatic rings. The number of para-hydroxylation sites is 1. The molecule has 0 saturated carbocycles. The second-order valence-corrected chi connectivity index (χ2v) is 10.9. The molecule has 2 aliphatic heterocycles. The Balaban J connectivity index is 1.41. The van der Waals surface area contributed by atoms with Gasteiger partial charge >= 0.3 is 0 Å². The van der Waals surface area contributed by atoms with Crippen molar-refractivity contribution in [3.63, 3.8) is 0 Å². The van der Waals surface area contributed by atoms with Crippen LogP contribution in [-0.4, -0.2) is 77.4 Å². The number of hydrogen-bond donors (Lipinski definition) is 1. The van der Waals surface area contributed by atoms with Gasteiger partial charge in [-0.3, -0.25) is 9.59 Å². The highest BCUT2D eigenvalue weighted by molar-refractivity contribution is 5.97. The van der Waals surface area contributed by atoms with Crippen LogP contribution >= 0.6 is 0 Å². The molecule has 2 amide bonds. The largest absolute Gasteiger partial charge is 0.497 e. The van der Waals surface area contributed by atoms with Gasteiger partial charge in [0.25, 0.3) is 0 Å². The zero-order valence-corrected chi connectivity index (χ0v) is 23.6. The molecular weight excluding hydrogens is 488 g/mol. The molecule has 1 N–H and O–H groups in total. The minimum atomic E-state index is -0.509. The quantitative estimate of drug-likeness (QED) is 0.352. The molecule has 208 valence electrons. The standard InChI is InChI=1S/C32H42N4O3/c1-4-6-16-34(17-7-5-2)18-11-19-35-22-29(37)36-28(32(35)38)21-26-25-14-8-9-15-27(25)33-30(26)31(36)23-12-10-13-24(20-23)39-3/h8-10,12-15,20,28,31,33H,4-7,11,16-19,21-22H2,1-3H3/t28-,31-/m0/s1. The smallest absolute Gasteiger partial charge is 0.246 e. The van der Waals surface area contributed by atoms with Gasteiger partial charge in [0.2, 0.25) is 11.8 Å². The Hall–Kier alpha value is -3.32. The molecule has 7 nitrogen and oxygen atoms in total. The van der Waals surface area contributed by atoms with Crippen LogP contribution < -0.4 is 4.74 Å². The lowest BCUT2D eigenvalue weighted by atomic mass is 9.86. The average Bonchev–Trinajstić information content (AvgIpc) is 3.34. The van der Waals surface area contributed by atoms with Crippen LogP contribution in [0.25, 0.3) is 10.9 Å². The lowest BCUT2D eigenvalue weighted by Gasteiger charge is -2.47. The SMILES string of the molecule is CCCCN(CCCC)CCCN1CC(=O)N2[C@@H](c3cccc(OC)c3)c3[nH]c4ccccc4c3C[C@H]2C1=O. The highest BCUT2D eigenvalue weighted by atomic mass is 16.5. The number of fused-ring (bicyclic) bond motifs is 4. The summed E-state index contributed by atoms with van der Waals surface area (Å²) < 4.78 is 5.51. The predicted molar refractivity (Wildman–Crippen MR) is 155 cm³/mol. The number of carbonyl (C=O) groups is 2. The van der Waals surface area contributed by atoms with Crippen molar-refractivity contribution in [1.82, 2.24) is 19.7 Å². The molecule has 1 aromatic heterocycles. The van der Waals surface area contributed by atoms with Gasteiger partial charge in [0.05, 0.1) is 19.7 Å². The van der Waals surface area contributed by atoms with Crippen LogP contribution in [0, 0.1) is 0 Å². The fraction of sp³-hybridized carbons (Fsp3) is 0.500. The lowest BCUT2D eigenvalue weighted by molar-refractivity contribution is -0.158. The second kappa shape index (κ2) is 12.2. The number of methoxy groups -OCH3 is 1. The maximum absolute atomic E-state index is 14.0. The van der Waals surface area contributed by atoms with E-state index in [1.54, 1.807) is 7.11 Å². The van der Waals surface area contributed by atoms with Crippen molar-refractivity contribution < 1.29 is 14.3 Å². The van der Waals surface area contributed by atoms with Crippen molar-refractivity contribution in [1.29, 1.82) is 0 Å². The number of aromatic amines is 1. The number of piperazine rings is 1. The summed E-state index contributed by atoms with van der Waals surface area (Å²) in [4.78, 5) is 37.5. The van der Waals surface area contributed by atoms with Crippen molar-refractivity contribution in [2.45, 2.75) is 64.5 Å². The number of rotatable bonds is 12. The van der Waals surface area contributed by atoms with Gasteiger partial charge in [-0.1, -0.05) is 57.0 Å². The first-order valence-corrected chi connectivity index (χ1v) is 14.6. The number of carbonyl (C=O) groups excluding carboxylic acids is 2. The lowest BCUT2D eigenvalue weighted by Crippen LogP contribution is -2.63. The first-order valence-electron chi connectivity index (χ1n) is 14.6. The number of hydrogen-bond acceptors (Lipinski definition) is 4. The van der Waals surface area contributed by atoms with E-state index in [1.807, 2.05) is 46.2 Å². The van der Waals surface area contributed by atoms with E-state index < -0.39 is 6.04 Å². The van der Waals surface area contributed by atoms with Crippen LogP contribution in [0.2, 0.25) is 0 Å². The molecule has 1 fully saturated rings. The number of unbranched alkanes of at least 4 members (excludes halogenated alkanes) is 2. The highest BCUT2D eigenvalue weighted by Gasteiger charge is 2.48. The van der Waals surface area contributed by atoms with Crippen LogP contribution in [0.5, 0.6) is 5.75 Å². The summed E-state index contributed by atoms with van der Waals surface area (Å²) in [6, 6.07) is 15.2. The summed E-state index contributed by atoms with van der Waals surface area (Å²) in [7, 11) is 1.65. The number of aromatic nitrogens is 1. The fourth-order valence-corrected chi connectivity index (χ4v) is 6.25. The Labute approximate surface area is 232 Å². The van der Waals surface area contributed by atoms with E-state index in [-0.39, 0.29) is 24.4 Å². The third kappa shape index (κ3) is 5.55. The fourth-order valence-electron chi connectivity index (χ4n) is 6.25. The molecule has 0 radical (unpaired) electrons. The highest BCUT2D eigenvalue weighted by Crippen LogP contribution is 2.43. The topological polar surface area (TPSA) is 68.9 Å². The number of amides is 2. The number of benzene rings is 2. The van der Waals surface area contributed by atoms with E-state index in [0.717, 1.165) is 59.5 Å². The van der Waals surface area contributed by atoms with Crippen molar-refractivity contribution in [3.05, 3.63) is 65.4 Å². The van der Waals surface area contributed by atoms with Gasteiger partial charge in [0.15, 0.2) is 0 Å². The summed E-state index contributed by atoms with van der Waals surface area (Å²) in [5.41, 5.74) is 4.11. The van der Waals surface area contributed by atoms with E-state index in [4.69, 9.17) is 4.74 Å². The number of nitrogens with zero attached hydrogens (tertiary/aromatic N) is 3. The number of ether oxygens (including phenoxy) is 1. The van der Waals surface area contributed by atoms with E-state index in [1.165, 1.54) is 25.7 Å². The minimum absolute atomic E-state index is 0.00514. The normalized spacial score (nSPS) is 19.1. The Kier molecular flexibility index (Phi) is 8.56. The molecule has 2 aliphatic rings. The zero-order chi connectivity index (χ0) is 27.4. The maximum atomic E-state index is 14.0. The molecule has 0 unspecified atom stereocenters. The van der Waals surface area contributed by atoms with Gasteiger partial charge in [-0.2, -0.15) is 0 Å². The number of nitrogens with one attached hydrogen (secondary N) is 1. The molecule has 1 saturated heterocycles. The van der Waals surface area contributed by atoms with Gasteiger partial charge in [-0.15, -0.1) is 0 Å². The van der Waals surface area contributed by atoms with Crippen LogP contribution in [0.3, 0.4) is 0 Å². The summed E-state index contributed by atoms with van der Waals surface area (Å²) in [6.45, 7) is 8.37. The van der Waals surface area contributed by atoms with Crippen LogP contribution in [0.1, 0.15) is 68.8 Å². The van der Waals surface area contributed by atoms with Crippen molar-refractivity contribution in [2.24, 2.45) is 0 Å². The maximum Gasteiger partial charge on any atom is 0.246 e. The van der Waals surface area contributed by atoms with Crippen molar-refractivity contribution in [3.8, 4) is 5.75 Å². The van der Waals surface area contributed by atoms with Gasteiger partial charge in [0, 0.05) is 29.6 Å². The molecule has 0 bridgehead atoms. The zero-order valence-electron chi connectivity index (χ0n) is 23.6. The summed E-state index contributed by atoms with van der Waals surface area (Å²) in [5, 5.41) is 1.12. The summed E-state index contributed by atoms with van der Waals surface area (Å²) in [5.74, 6) is 0.804. The van der Waals surface area contributed by atoms with Crippen molar-refractivity contribution in [2.75, 3.05) is 39.8 Å². The van der Waals surface area contributed by atoms with Crippen molar-refractivity contribution >= 4 is 22.7 Å². The first kappa shape index (κ1) is 27.3. The van der Waals surface area contributed by atoms with E-state index in [2.05, 4.69) is 35.9 Å². The second-order valence-electron chi connectivity index (χ2n) is 10.9. The monoisotopic (exact) mass is 530 g/mol. The Morgan fingerprint density at radius 3 is 2.46 bits per heavy atom. The molecule has 0 spiro atoms. The summed E-state index contributed by atoms with van der Waals surface area (Å²) in [6.07, 6.45) is 6.17. The predicted octanol–water partition coefficient (Wildman–Crippen LogP) is 5.15. The van der Waals surface area contributed by atoms with Crippen LogP contribution in [0.4, 0.5) is 0 Å². The molecule has 5 rings (SSSR count). The molecule has 2 aromatic carbocycles. The Bertz CT molecular complexity index is 1290. The average molecular weight is 531 g/mol. The Morgan fingerprint density at radius 2 is 1.72 bits per heavy atom. The number of H-pyrrole nitrogens is 1. The van der Waals surface area contributed by atoms with Gasteiger partial charge in [-0.25, -0.2) is 0 Å². The van der Waals surface area contributed by atoms with E-state index in [9.17, 15) is 9.59 Å². The minimum Gasteiger partial charge on any atom is -0.497 e. The Morgan fingerprint density at radius 1 is 0.974 bits per heavy atom. The van der Waals surface area contributed by atoms with Gasteiger partial charge in [0.1, 0.15) is 11.8 Å². The van der Waals surface area contributed by atoms with E-state index in [0.29, 0.717) is 13.0 Å². The van der Waals surface area contributed by atoms with Crippen LogP contribution in [0.15, 0.2) is 48.5 Å². The molecule has 2 atom stereocenters. The molecule has 7 heteroatoms. The molecule has 3 heterocycles. The van der Waals surface area contributed by atoms with Crippen LogP contribution in [-0.2, 0) is 16.0 Å². The molecule has 39 heavy (non-hydrogen) atoms. The van der Waals surface area contributed by atoms with Gasteiger partial charge in [-0.05, 0) is 68.2 Å². The van der Waals surface area contributed by atoms with Gasteiger partial charge < -0.3 is 24.4 Å². The summed E-state index contributed by atoms with van der Waals surface area (Å²) >= 11 is 0. The third-order valence-corrected chi connectivity index (χ3v) is 8.31. The first-order chi connectivity index (χ1) is 19.0. The third-order valence-electron chi connectivity index (χ3n) is 8.31. The molecule has 0 aliphatic carbocycles.